The van der Waals surface area contributed by atoms with Gasteiger partial charge in [-0.25, -0.2) is 9.78 Å². The minimum Gasteiger partial charge on any atom is -0.430 e. The van der Waals surface area contributed by atoms with Crippen molar-refractivity contribution in [2.45, 2.75) is 25.0 Å². The minimum absolute atomic E-state index is 0.352. The van der Waals surface area contributed by atoms with Crippen molar-refractivity contribution in [3.63, 3.8) is 0 Å². The molecule has 0 radical (unpaired) electrons. The van der Waals surface area contributed by atoms with Gasteiger partial charge in [0.05, 0.1) is 11.2 Å². The number of aromatic nitrogens is 1. The molecule has 0 aliphatic carbocycles. The fourth-order valence-electron chi connectivity index (χ4n) is 2.34. The molecule has 0 bridgehead atoms. The lowest BCUT2D eigenvalue weighted by Crippen LogP contribution is -2.45. The standard InChI is InChI=1S/C11H14N2O3S/c14-10-15-7-11(16-10)1-3-13(4-2-11)5-9-6-17-8-12-9/h6,8H,1-5,7H2. The Morgan fingerprint density at radius 2 is 2.29 bits per heavy atom. The SMILES string of the molecule is O=C1OCC2(CCN(Cc3cscn3)CC2)O1. The molecule has 3 heterocycles. The van der Waals surface area contributed by atoms with Gasteiger partial charge in [-0.15, -0.1) is 11.3 Å². The van der Waals surface area contributed by atoms with E-state index in [1.165, 1.54) is 0 Å². The number of hydrogen-bond donors (Lipinski definition) is 0. The average molecular weight is 254 g/mol. The molecule has 2 aliphatic heterocycles. The van der Waals surface area contributed by atoms with Gasteiger partial charge in [0.2, 0.25) is 0 Å². The third-order valence-corrected chi connectivity index (χ3v) is 4.02. The van der Waals surface area contributed by atoms with E-state index in [1.54, 1.807) is 11.3 Å². The smallest absolute Gasteiger partial charge is 0.430 e. The van der Waals surface area contributed by atoms with E-state index in [1.807, 2.05) is 5.51 Å². The van der Waals surface area contributed by atoms with Gasteiger partial charge in [0.25, 0.3) is 0 Å². The molecule has 2 saturated heterocycles. The predicted octanol–water partition coefficient (Wildman–Crippen LogP) is 1.64. The van der Waals surface area contributed by atoms with Crippen molar-refractivity contribution < 1.29 is 14.3 Å². The van der Waals surface area contributed by atoms with E-state index in [0.29, 0.717) is 6.61 Å². The first-order valence-electron chi connectivity index (χ1n) is 5.71. The van der Waals surface area contributed by atoms with Crippen molar-refractivity contribution in [2.24, 2.45) is 0 Å². The van der Waals surface area contributed by atoms with E-state index in [-0.39, 0.29) is 5.60 Å². The highest BCUT2D eigenvalue weighted by Crippen LogP contribution is 2.31. The second-order valence-electron chi connectivity index (χ2n) is 4.58. The van der Waals surface area contributed by atoms with Crippen LogP contribution in [-0.4, -0.2) is 41.3 Å². The fraction of sp³-hybridized carbons (Fsp3) is 0.636. The van der Waals surface area contributed by atoms with Crippen LogP contribution in [0, 0.1) is 0 Å². The van der Waals surface area contributed by atoms with Gasteiger partial charge in [0.1, 0.15) is 6.61 Å². The summed E-state index contributed by atoms with van der Waals surface area (Å²) >= 11 is 1.62. The highest BCUT2D eigenvalue weighted by molar-refractivity contribution is 7.07. The Labute approximate surface area is 103 Å². The zero-order valence-electron chi connectivity index (χ0n) is 9.42. The average Bonchev–Trinajstić information content (AvgIpc) is 2.93. The summed E-state index contributed by atoms with van der Waals surface area (Å²) in [6, 6.07) is 0. The third-order valence-electron chi connectivity index (χ3n) is 3.39. The second-order valence-corrected chi connectivity index (χ2v) is 5.30. The monoisotopic (exact) mass is 254 g/mol. The summed E-state index contributed by atoms with van der Waals surface area (Å²) in [6.45, 7) is 3.15. The maximum atomic E-state index is 11.0. The van der Waals surface area contributed by atoms with E-state index < -0.39 is 6.16 Å². The van der Waals surface area contributed by atoms with Gasteiger partial charge in [-0.05, 0) is 0 Å². The predicted molar refractivity (Wildman–Crippen MR) is 61.8 cm³/mol. The highest BCUT2D eigenvalue weighted by Gasteiger charge is 2.44. The molecule has 5 nitrogen and oxygen atoms in total. The number of likely N-dealkylation sites (tertiary alicyclic amines) is 1. The van der Waals surface area contributed by atoms with Crippen LogP contribution in [0.1, 0.15) is 18.5 Å². The van der Waals surface area contributed by atoms with Gasteiger partial charge in [-0.3, -0.25) is 4.90 Å². The number of thiazole rings is 1. The van der Waals surface area contributed by atoms with Crippen LogP contribution in [-0.2, 0) is 16.0 Å². The molecule has 0 unspecified atom stereocenters. The number of carbonyl (C=O) groups is 1. The van der Waals surface area contributed by atoms with Crippen LogP contribution in [0.3, 0.4) is 0 Å². The van der Waals surface area contributed by atoms with Crippen LogP contribution in [0.4, 0.5) is 4.79 Å². The number of piperidine rings is 1. The summed E-state index contributed by atoms with van der Waals surface area (Å²) in [6.07, 6.45) is 1.18. The second kappa shape index (κ2) is 4.27. The third kappa shape index (κ3) is 2.28. The Morgan fingerprint density at radius 1 is 1.47 bits per heavy atom. The lowest BCUT2D eigenvalue weighted by molar-refractivity contribution is -0.00186. The quantitative estimate of drug-likeness (QED) is 0.751. The Kier molecular flexibility index (Phi) is 2.76. The first-order valence-corrected chi connectivity index (χ1v) is 6.65. The largest absolute Gasteiger partial charge is 0.509 e. The van der Waals surface area contributed by atoms with Crippen molar-refractivity contribution in [3.8, 4) is 0 Å². The van der Waals surface area contributed by atoms with Crippen LogP contribution in [0.25, 0.3) is 0 Å². The molecule has 17 heavy (non-hydrogen) atoms. The van der Waals surface area contributed by atoms with Gasteiger partial charge >= 0.3 is 6.16 Å². The minimum atomic E-state index is -0.516. The number of nitrogens with zero attached hydrogens (tertiary/aromatic N) is 2. The number of cyclic esters (lactones) is 1. The molecule has 1 aromatic rings. The van der Waals surface area contributed by atoms with E-state index in [2.05, 4.69) is 15.3 Å². The number of ether oxygens (including phenoxy) is 2. The summed E-state index contributed by atoms with van der Waals surface area (Å²) in [5.74, 6) is 0. The fourth-order valence-corrected chi connectivity index (χ4v) is 2.89. The van der Waals surface area contributed by atoms with Crippen molar-refractivity contribution in [3.05, 3.63) is 16.6 Å². The van der Waals surface area contributed by atoms with Gasteiger partial charge < -0.3 is 9.47 Å². The maximum Gasteiger partial charge on any atom is 0.509 e. The molecule has 1 spiro atoms. The van der Waals surface area contributed by atoms with E-state index in [9.17, 15) is 4.79 Å². The van der Waals surface area contributed by atoms with E-state index in [0.717, 1.165) is 38.2 Å². The normalized spacial score (nSPS) is 23.6. The molecule has 3 rings (SSSR count). The molecular weight excluding hydrogens is 240 g/mol. The Hall–Kier alpha value is -1.14. The summed E-state index contributed by atoms with van der Waals surface area (Å²) in [5.41, 5.74) is 2.62. The topological polar surface area (TPSA) is 51.7 Å². The van der Waals surface area contributed by atoms with Crippen molar-refractivity contribution >= 4 is 17.5 Å². The van der Waals surface area contributed by atoms with Crippen LogP contribution in [0.15, 0.2) is 10.9 Å². The van der Waals surface area contributed by atoms with Gasteiger partial charge in [0.15, 0.2) is 5.60 Å². The molecule has 6 heteroatoms. The first kappa shape index (κ1) is 11.0. The highest BCUT2D eigenvalue weighted by atomic mass is 32.1. The molecule has 92 valence electrons. The van der Waals surface area contributed by atoms with E-state index >= 15 is 0 Å². The molecule has 1 aromatic heterocycles. The van der Waals surface area contributed by atoms with Crippen LogP contribution in [0.5, 0.6) is 0 Å². The molecule has 2 fully saturated rings. The van der Waals surface area contributed by atoms with Gasteiger partial charge in [-0.2, -0.15) is 0 Å². The molecule has 0 atom stereocenters. The van der Waals surface area contributed by atoms with Gasteiger partial charge in [0, 0.05) is 37.9 Å². The molecule has 0 aromatic carbocycles. The summed E-state index contributed by atoms with van der Waals surface area (Å²) < 4.78 is 10.2. The lowest BCUT2D eigenvalue weighted by atomic mass is 9.92. The van der Waals surface area contributed by atoms with Crippen LogP contribution >= 0.6 is 11.3 Å². The van der Waals surface area contributed by atoms with Crippen LogP contribution < -0.4 is 0 Å². The zero-order chi connectivity index (χ0) is 11.7. The van der Waals surface area contributed by atoms with Crippen molar-refractivity contribution in [2.75, 3.05) is 19.7 Å². The lowest BCUT2D eigenvalue weighted by Gasteiger charge is -2.35. The number of hydrogen-bond acceptors (Lipinski definition) is 6. The van der Waals surface area contributed by atoms with E-state index in [4.69, 9.17) is 9.47 Å². The van der Waals surface area contributed by atoms with Crippen molar-refractivity contribution in [1.82, 2.24) is 9.88 Å². The Bertz CT molecular complexity index is 399. The van der Waals surface area contributed by atoms with Crippen molar-refractivity contribution in [1.29, 1.82) is 0 Å². The summed E-state index contributed by atoms with van der Waals surface area (Å²) in [7, 11) is 0. The Balaban J connectivity index is 1.55. The Morgan fingerprint density at radius 3 is 2.88 bits per heavy atom. The first-order chi connectivity index (χ1) is 8.26. The number of carbonyl (C=O) groups excluding carboxylic acids is 1. The molecule has 2 aliphatic rings. The number of rotatable bonds is 2. The summed E-state index contributed by atoms with van der Waals surface area (Å²) in [4.78, 5) is 17.6. The molecule has 0 N–H and O–H groups in total. The zero-order valence-corrected chi connectivity index (χ0v) is 10.2. The molecular formula is C11H14N2O3S. The maximum absolute atomic E-state index is 11.0. The molecule has 0 amide bonds. The van der Waals surface area contributed by atoms with Crippen LogP contribution in [0.2, 0.25) is 0 Å². The molecule has 0 saturated carbocycles. The summed E-state index contributed by atoms with van der Waals surface area (Å²) in [5, 5.41) is 2.07. The van der Waals surface area contributed by atoms with Gasteiger partial charge in [-0.1, -0.05) is 0 Å².